The average molecular weight is 306 g/mol. The van der Waals surface area contributed by atoms with Crippen LogP contribution in [-0.4, -0.2) is 33.5 Å². The highest BCUT2D eigenvalue weighted by atomic mass is 79.9. The van der Waals surface area contributed by atoms with Gasteiger partial charge in [0, 0.05) is 11.8 Å². The van der Waals surface area contributed by atoms with Gasteiger partial charge >= 0.3 is 0 Å². The number of nitrogens with one attached hydrogen (secondary N) is 1. The number of thioether (sulfide) groups is 1. The van der Waals surface area contributed by atoms with Crippen molar-refractivity contribution in [3.63, 3.8) is 0 Å². The molecule has 2 N–H and O–H groups in total. The number of halogens is 1. The molecule has 1 heterocycles. The highest BCUT2D eigenvalue weighted by molar-refractivity contribution is 9.10. The smallest absolute Gasteiger partial charge is 0.144 e. The summed E-state index contributed by atoms with van der Waals surface area (Å²) in [4.78, 5) is 8.35. The highest BCUT2D eigenvalue weighted by Gasteiger charge is 2.11. The first-order valence-corrected chi connectivity index (χ1v) is 6.88. The fourth-order valence-electron chi connectivity index (χ4n) is 1.03. The summed E-state index contributed by atoms with van der Waals surface area (Å²) >= 11 is 5.01. The molecule has 0 bridgehead atoms. The molecule has 6 heteroatoms. The van der Waals surface area contributed by atoms with Crippen molar-refractivity contribution in [1.29, 1.82) is 0 Å². The van der Waals surface area contributed by atoms with Crippen molar-refractivity contribution in [2.75, 3.05) is 18.5 Å². The first kappa shape index (κ1) is 13.7. The zero-order chi connectivity index (χ0) is 12.0. The molecule has 0 saturated carbocycles. The first-order chi connectivity index (χ1) is 7.69. The predicted octanol–water partition coefficient (Wildman–Crippen LogP) is 2.53. The van der Waals surface area contributed by atoms with Crippen LogP contribution < -0.4 is 5.32 Å². The summed E-state index contributed by atoms with van der Waals surface area (Å²) in [5, 5.41) is 13.2. The second-order valence-electron chi connectivity index (χ2n) is 3.38. The van der Waals surface area contributed by atoms with Crippen LogP contribution in [0.3, 0.4) is 0 Å². The zero-order valence-corrected chi connectivity index (χ0v) is 11.8. The van der Waals surface area contributed by atoms with Crippen LogP contribution >= 0.6 is 27.7 Å². The maximum Gasteiger partial charge on any atom is 0.144 e. The zero-order valence-electron chi connectivity index (χ0n) is 9.40. The molecule has 0 radical (unpaired) electrons. The number of nitrogens with zero attached hydrogens (tertiary/aromatic N) is 2. The maximum atomic E-state index is 9.00. The van der Waals surface area contributed by atoms with Crippen LogP contribution in [0.1, 0.15) is 20.3 Å². The molecule has 1 unspecified atom stereocenters. The van der Waals surface area contributed by atoms with Gasteiger partial charge in [0.05, 0.1) is 11.1 Å². The minimum absolute atomic E-state index is 0.130. The molecule has 1 atom stereocenters. The molecule has 16 heavy (non-hydrogen) atoms. The van der Waals surface area contributed by atoms with Gasteiger partial charge in [0.2, 0.25) is 0 Å². The second-order valence-corrected chi connectivity index (χ2v) is 5.60. The van der Waals surface area contributed by atoms with Crippen LogP contribution in [-0.2, 0) is 0 Å². The second kappa shape index (κ2) is 7.09. The molecule has 0 fully saturated rings. The van der Waals surface area contributed by atoms with Gasteiger partial charge < -0.3 is 10.4 Å². The number of hydrogen-bond donors (Lipinski definition) is 2. The Balaban J connectivity index is 2.77. The first-order valence-electron chi connectivity index (χ1n) is 5.20. The summed E-state index contributed by atoms with van der Waals surface area (Å²) in [6.45, 7) is 5.08. The van der Waals surface area contributed by atoms with E-state index in [4.69, 9.17) is 5.11 Å². The van der Waals surface area contributed by atoms with E-state index in [-0.39, 0.29) is 11.9 Å². The molecule has 1 aromatic heterocycles. The van der Waals surface area contributed by atoms with Crippen molar-refractivity contribution >= 4 is 33.5 Å². The van der Waals surface area contributed by atoms with Crippen molar-refractivity contribution in [2.45, 2.75) is 30.5 Å². The Morgan fingerprint density at radius 2 is 2.31 bits per heavy atom. The molecular formula is C10H16BrN3OS. The third-order valence-corrected chi connectivity index (χ3v) is 3.97. The molecule has 0 aliphatic carbocycles. The fourth-order valence-corrected chi connectivity index (χ4v) is 2.42. The van der Waals surface area contributed by atoms with Crippen LogP contribution in [0.2, 0.25) is 0 Å². The molecule has 0 saturated heterocycles. The Hall–Kier alpha value is -0.330. The summed E-state index contributed by atoms with van der Waals surface area (Å²) in [6.07, 6.45) is 2.58. The van der Waals surface area contributed by atoms with Crippen LogP contribution in [0.5, 0.6) is 0 Å². The molecule has 0 aliphatic rings. The van der Waals surface area contributed by atoms with Crippen molar-refractivity contribution < 1.29 is 5.11 Å². The van der Waals surface area contributed by atoms with Crippen LogP contribution in [0.25, 0.3) is 0 Å². The molecule has 0 spiro atoms. The molecule has 1 aromatic rings. The van der Waals surface area contributed by atoms with E-state index in [1.54, 1.807) is 0 Å². The number of aliphatic hydroxyl groups is 1. The number of anilines is 1. The average Bonchev–Trinajstić information content (AvgIpc) is 2.30. The van der Waals surface area contributed by atoms with E-state index in [9.17, 15) is 0 Å². The summed E-state index contributed by atoms with van der Waals surface area (Å²) in [5.41, 5.74) is 0. The SMILES string of the molecule is CCCNc1ncnc(SC(C)CO)c1Br. The Labute approximate surface area is 108 Å². The van der Waals surface area contributed by atoms with Gasteiger partial charge in [0.25, 0.3) is 0 Å². The molecule has 0 aromatic carbocycles. The Morgan fingerprint density at radius 1 is 1.56 bits per heavy atom. The van der Waals surface area contributed by atoms with Gasteiger partial charge in [-0.05, 0) is 22.4 Å². The van der Waals surface area contributed by atoms with E-state index < -0.39 is 0 Å². The molecular weight excluding hydrogens is 290 g/mol. The van der Waals surface area contributed by atoms with Gasteiger partial charge in [0.15, 0.2) is 0 Å². The maximum absolute atomic E-state index is 9.00. The predicted molar refractivity (Wildman–Crippen MR) is 70.9 cm³/mol. The fraction of sp³-hybridized carbons (Fsp3) is 0.600. The summed E-state index contributed by atoms with van der Waals surface area (Å²) < 4.78 is 0.869. The quantitative estimate of drug-likeness (QED) is 0.625. The third-order valence-electron chi connectivity index (χ3n) is 1.87. The van der Waals surface area contributed by atoms with Crippen LogP contribution in [0, 0.1) is 0 Å². The Kier molecular flexibility index (Phi) is 6.08. The summed E-state index contributed by atoms with van der Waals surface area (Å²) in [7, 11) is 0. The van der Waals surface area contributed by atoms with Gasteiger partial charge in [-0.15, -0.1) is 0 Å². The Bertz CT molecular complexity index is 338. The van der Waals surface area contributed by atoms with Gasteiger partial charge in [0.1, 0.15) is 17.2 Å². The van der Waals surface area contributed by atoms with Crippen molar-refractivity contribution in [3.05, 3.63) is 10.8 Å². The molecule has 4 nitrogen and oxygen atoms in total. The lowest BCUT2D eigenvalue weighted by Gasteiger charge is -2.11. The molecule has 0 aliphatic heterocycles. The summed E-state index contributed by atoms with van der Waals surface area (Å²) in [6, 6.07) is 0. The standard InChI is InChI=1S/C10H16BrN3OS/c1-3-4-12-9-8(11)10(14-6-13-9)16-7(2)5-15/h6-7,15H,3-5H2,1-2H3,(H,12,13,14). The van der Waals surface area contributed by atoms with E-state index in [1.165, 1.54) is 18.1 Å². The number of hydrogen-bond acceptors (Lipinski definition) is 5. The third kappa shape index (κ3) is 3.92. The van der Waals surface area contributed by atoms with E-state index in [2.05, 4.69) is 38.1 Å². The number of rotatable bonds is 6. The van der Waals surface area contributed by atoms with Crippen LogP contribution in [0.4, 0.5) is 5.82 Å². The minimum atomic E-state index is 0.130. The number of aromatic nitrogens is 2. The normalized spacial score (nSPS) is 12.5. The largest absolute Gasteiger partial charge is 0.395 e. The van der Waals surface area contributed by atoms with Gasteiger partial charge in [-0.3, -0.25) is 0 Å². The van der Waals surface area contributed by atoms with Crippen molar-refractivity contribution in [2.24, 2.45) is 0 Å². The van der Waals surface area contributed by atoms with E-state index >= 15 is 0 Å². The molecule has 1 rings (SSSR count). The van der Waals surface area contributed by atoms with Crippen LogP contribution in [0.15, 0.2) is 15.8 Å². The summed E-state index contributed by atoms with van der Waals surface area (Å²) in [5.74, 6) is 0.810. The van der Waals surface area contributed by atoms with Crippen molar-refractivity contribution in [1.82, 2.24) is 9.97 Å². The van der Waals surface area contributed by atoms with E-state index in [0.717, 1.165) is 28.3 Å². The molecule has 90 valence electrons. The van der Waals surface area contributed by atoms with E-state index in [1.807, 2.05) is 6.92 Å². The lowest BCUT2D eigenvalue weighted by Crippen LogP contribution is -2.06. The monoisotopic (exact) mass is 305 g/mol. The highest BCUT2D eigenvalue weighted by Crippen LogP contribution is 2.32. The minimum Gasteiger partial charge on any atom is -0.395 e. The lowest BCUT2D eigenvalue weighted by molar-refractivity contribution is 0.300. The van der Waals surface area contributed by atoms with Gasteiger partial charge in [-0.2, -0.15) is 0 Å². The molecule has 0 amide bonds. The topological polar surface area (TPSA) is 58.0 Å². The van der Waals surface area contributed by atoms with Gasteiger partial charge in [-0.1, -0.05) is 25.6 Å². The Morgan fingerprint density at radius 3 is 2.94 bits per heavy atom. The van der Waals surface area contributed by atoms with E-state index in [0.29, 0.717) is 0 Å². The van der Waals surface area contributed by atoms with Gasteiger partial charge in [-0.25, -0.2) is 9.97 Å². The van der Waals surface area contributed by atoms with Crippen molar-refractivity contribution in [3.8, 4) is 0 Å². The number of aliphatic hydroxyl groups excluding tert-OH is 1. The lowest BCUT2D eigenvalue weighted by atomic mass is 10.4.